The van der Waals surface area contributed by atoms with Gasteiger partial charge in [-0.05, 0) is 32.6 Å². The molecule has 0 radical (unpaired) electrons. The van der Waals surface area contributed by atoms with Gasteiger partial charge in [-0.1, -0.05) is 0 Å². The molecule has 0 aliphatic carbocycles. The molecule has 0 saturated carbocycles. The van der Waals surface area contributed by atoms with E-state index < -0.39 is 10.0 Å². The van der Waals surface area contributed by atoms with Crippen molar-refractivity contribution in [1.29, 1.82) is 0 Å². The maximum Gasteiger partial charge on any atom is 0.223 e. The standard InChI is InChI=1S/C16H31N3O5S/c1-3-24-13-5-9-18-16(21)14-6-4-11-19(25(2,22)23)12-8-15(20)17-10-7-14/h14H,3-13H2,1-2H3,(H,17,20)(H,18,21). The van der Waals surface area contributed by atoms with E-state index in [0.717, 1.165) is 12.7 Å². The van der Waals surface area contributed by atoms with Crippen molar-refractivity contribution in [3.05, 3.63) is 0 Å². The van der Waals surface area contributed by atoms with E-state index in [1.165, 1.54) is 4.31 Å². The third kappa shape index (κ3) is 9.18. The molecule has 0 aromatic carbocycles. The molecule has 0 aromatic rings. The van der Waals surface area contributed by atoms with Gasteiger partial charge < -0.3 is 15.4 Å². The summed E-state index contributed by atoms with van der Waals surface area (Å²) in [6.45, 7) is 4.69. The summed E-state index contributed by atoms with van der Waals surface area (Å²) >= 11 is 0. The van der Waals surface area contributed by atoms with Crippen molar-refractivity contribution in [1.82, 2.24) is 14.9 Å². The first-order chi connectivity index (χ1) is 11.8. The normalized spacial score (nSPS) is 21.2. The molecule has 0 aromatic heterocycles. The highest BCUT2D eigenvalue weighted by Crippen LogP contribution is 2.14. The zero-order chi connectivity index (χ0) is 18.7. The summed E-state index contributed by atoms with van der Waals surface area (Å²) in [5.74, 6) is -0.464. The van der Waals surface area contributed by atoms with Crippen LogP contribution in [0.5, 0.6) is 0 Å². The van der Waals surface area contributed by atoms with Crippen LogP contribution in [0.25, 0.3) is 0 Å². The third-order valence-electron chi connectivity index (χ3n) is 4.17. The van der Waals surface area contributed by atoms with Gasteiger partial charge in [-0.2, -0.15) is 0 Å². The molecule has 0 spiro atoms. The number of carbonyl (C=O) groups excluding carboxylic acids is 2. The number of nitrogens with zero attached hydrogens (tertiary/aromatic N) is 1. The quantitative estimate of drug-likeness (QED) is 0.612. The van der Waals surface area contributed by atoms with Crippen molar-refractivity contribution in [2.24, 2.45) is 5.92 Å². The van der Waals surface area contributed by atoms with Crippen LogP contribution in [0.2, 0.25) is 0 Å². The Morgan fingerprint density at radius 2 is 2.12 bits per heavy atom. The molecule has 1 aliphatic rings. The lowest BCUT2D eigenvalue weighted by Crippen LogP contribution is -2.35. The van der Waals surface area contributed by atoms with Crippen LogP contribution < -0.4 is 10.6 Å². The second kappa shape index (κ2) is 11.4. The lowest BCUT2D eigenvalue weighted by atomic mass is 9.98. The fourth-order valence-electron chi connectivity index (χ4n) is 2.74. The van der Waals surface area contributed by atoms with Gasteiger partial charge in [-0.3, -0.25) is 9.59 Å². The van der Waals surface area contributed by atoms with E-state index in [1.807, 2.05) is 6.92 Å². The van der Waals surface area contributed by atoms with Crippen molar-refractivity contribution in [3.63, 3.8) is 0 Å². The second-order valence-corrected chi connectivity index (χ2v) is 8.21. The summed E-state index contributed by atoms with van der Waals surface area (Å²) in [4.78, 5) is 24.1. The largest absolute Gasteiger partial charge is 0.382 e. The average molecular weight is 378 g/mol. The summed E-state index contributed by atoms with van der Waals surface area (Å²) < 4.78 is 30.1. The summed E-state index contributed by atoms with van der Waals surface area (Å²) in [6.07, 6.45) is 3.79. The fourth-order valence-corrected chi connectivity index (χ4v) is 3.62. The van der Waals surface area contributed by atoms with Gasteiger partial charge >= 0.3 is 0 Å². The molecule has 1 fully saturated rings. The third-order valence-corrected chi connectivity index (χ3v) is 5.48. The summed E-state index contributed by atoms with van der Waals surface area (Å²) in [5.41, 5.74) is 0. The minimum atomic E-state index is -3.35. The molecule has 8 nitrogen and oxygen atoms in total. The molecule has 2 amide bonds. The smallest absolute Gasteiger partial charge is 0.223 e. The van der Waals surface area contributed by atoms with Crippen LogP contribution in [-0.4, -0.2) is 70.2 Å². The molecular formula is C16H31N3O5S. The topological polar surface area (TPSA) is 105 Å². The first-order valence-electron chi connectivity index (χ1n) is 8.92. The predicted molar refractivity (Wildman–Crippen MR) is 95.5 cm³/mol. The number of sulfonamides is 1. The zero-order valence-corrected chi connectivity index (χ0v) is 16.1. The van der Waals surface area contributed by atoms with Crippen molar-refractivity contribution in [3.8, 4) is 0 Å². The predicted octanol–water partition coefficient (Wildman–Crippen LogP) is 0.0972. The molecule has 1 heterocycles. The van der Waals surface area contributed by atoms with Crippen LogP contribution in [0.1, 0.15) is 39.0 Å². The minimum absolute atomic E-state index is 0.0455. The number of rotatable bonds is 7. The Kier molecular flexibility index (Phi) is 9.99. The highest BCUT2D eigenvalue weighted by atomic mass is 32.2. The van der Waals surface area contributed by atoms with Crippen molar-refractivity contribution < 1.29 is 22.7 Å². The summed E-state index contributed by atoms with van der Waals surface area (Å²) in [5, 5.41) is 5.66. The Labute approximate surface area is 150 Å². The average Bonchev–Trinajstić information content (AvgIpc) is 2.58. The Bertz CT molecular complexity index is 524. The van der Waals surface area contributed by atoms with Crippen LogP contribution >= 0.6 is 0 Å². The Morgan fingerprint density at radius 3 is 2.80 bits per heavy atom. The van der Waals surface area contributed by atoms with Crippen LogP contribution in [0.4, 0.5) is 0 Å². The van der Waals surface area contributed by atoms with Gasteiger partial charge in [0.2, 0.25) is 21.8 Å². The van der Waals surface area contributed by atoms with Crippen LogP contribution in [-0.2, 0) is 24.3 Å². The van der Waals surface area contributed by atoms with Crippen LogP contribution in [0.15, 0.2) is 0 Å². The van der Waals surface area contributed by atoms with Crippen molar-refractivity contribution in [2.75, 3.05) is 45.6 Å². The fraction of sp³-hybridized carbons (Fsp3) is 0.875. The number of hydrogen-bond acceptors (Lipinski definition) is 5. The monoisotopic (exact) mass is 377 g/mol. The maximum absolute atomic E-state index is 12.3. The van der Waals surface area contributed by atoms with Crippen molar-refractivity contribution >= 4 is 21.8 Å². The van der Waals surface area contributed by atoms with E-state index in [0.29, 0.717) is 52.1 Å². The molecule has 1 rings (SSSR count). The van der Waals surface area contributed by atoms with E-state index in [9.17, 15) is 18.0 Å². The number of ether oxygens (including phenoxy) is 1. The highest BCUT2D eigenvalue weighted by Gasteiger charge is 2.22. The number of carbonyl (C=O) groups is 2. The van der Waals surface area contributed by atoms with Gasteiger partial charge in [0.15, 0.2) is 0 Å². The molecule has 146 valence electrons. The molecule has 1 atom stereocenters. The van der Waals surface area contributed by atoms with Gasteiger partial charge in [-0.15, -0.1) is 0 Å². The SMILES string of the molecule is CCOCCCNC(=O)C1CCCN(S(C)(=O)=O)CCC(=O)NCC1. The molecule has 25 heavy (non-hydrogen) atoms. The number of nitrogens with one attached hydrogen (secondary N) is 2. The summed E-state index contributed by atoms with van der Waals surface area (Å²) in [7, 11) is -3.35. The molecule has 9 heteroatoms. The molecule has 1 aliphatic heterocycles. The Hall–Kier alpha value is -1.19. The van der Waals surface area contributed by atoms with Gasteiger partial charge in [0, 0.05) is 51.7 Å². The summed E-state index contributed by atoms with van der Waals surface area (Å²) in [6, 6.07) is 0. The molecule has 0 bridgehead atoms. The second-order valence-electron chi connectivity index (χ2n) is 6.23. The first-order valence-corrected chi connectivity index (χ1v) is 10.8. The van der Waals surface area contributed by atoms with E-state index in [4.69, 9.17) is 4.74 Å². The van der Waals surface area contributed by atoms with E-state index in [-0.39, 0.29) is 30.7 Å². The minimum Gasteiger partial charge on any atom is -0.382 e. The Morgan fingerprint density at radius 1 is 1.36 bits per heavy atom. The van der Waals surface area contributed by atoms with Gasteiger partial charge in [0.25, 0.3) is 0 Å². The van der Waals surface area contributed by atoms with E-state index >= 15 is 0 Å². The maximum atomic E-state index is 12.3. The zero-order valence-electron chi connectivity index (χ0n) is 15.3. The van der Waals surface area contributed by atoms with Crippen molar-refractivity contribution in [2.45, 2.75) is 39.0 Å². The molecule has 1 unspecified atom stereocenters. The first kappa shape index (κ1) is 21.9. The van der Waals surface area contributed by atoms with Crippen LogP contribution in [0, 0.1) is 5.92 Å². The van der Waals surface area contributed by atoms with Crippen LogP contribution in [0.3, 0.4) is 0 Å². The molecular weight excluding hydrogens is 346 g/mol. The van der Waals surface area contributed by atoms with E-state index in [1.54, 1.807) is 0 Å². The molecule has 1 saturated heterocycles. The Balaban J connectivity index is 2.56. The van der Waals surface area contributed by atoms with Gasteiger partial charge in [0.05, 0.1) is 6.26 Å². The number of amides is 2. The molecule has 2 N–H and O–H groups in total. The lowest BCUT2D eigenvalue weighted by molar-refractivity contribution is -0.126. The number of hydrogen-bond donors (Lipinski definition) is 2. The van der Waals surface area contributed by atoms with Gasteiger partial charge in [-0.25, -0.2) is 12.7 Å². The highest BCUT2D eigenvalue weighted by molar-refractivity contribution is 7.88. The lowest BCUT2D eigenvalue weighted by Gasteiger charge is -2.20. The van der Waals surface area contributed by atoms with Gasteiger partial charge in [0.1, 0.15) is 0 Å². The van der Waals surface area contributed by atoms with E-state index in [2.05, 4.69) is 10.6 Å².